The van der Waals surface area contributed by atoms with Gasteiger partial charge >= 0.3 is 0 Å². The zero-order valence-electron chi connectivity index (χ0n) is 14.1. The van der Waals surface area contributed by atoms with Gasteiger partial charge in [-0.05, 0) is 43.3 Å². The number of hydrogen-bond acceptors (Lipinski definition) is 2. The number of aromatic nitrogens is 1. The van der Waals surface area contributed by atoms with Crippen LogP contribution in [0.5, 0.6) is 5.75 Å². The van der Waals surface area contributed by atoms with Crippen LogP contribution in [0.3, 0.4) is 0 Å². The second-order valence-corrected chi connectivity index (χ2v) is 7.09. The van der Waals surface area contributed by atoms with Gasteiger partial charge in [-0.1, -0.05) is 52.3 Å². The van der Waals surface area contributed by atoms with Crippen LogP contribution in [0.1, 0.15) is 21.6 Å². The van der Waals surface area contributed by atoms with Crippen LogP contribution in [0.25, 0.3) is 16.6 Å². The normalized spacial score (nSPS) is 11.0. The van der Waals surface area contributed by atoms with E-state index in [1.54, 1.807) is 12.1 Å². The van der Waals surface area contributed by atoms with Gasteiger partial charge in [0.15, 0.2) is 5.78 Å². The topological polar surface area (TPSA) is 42.2 Å². The van der Waals surface area contributed by atoms with Crippen LogP contribution >= 0.6 is 15.9 Å². The molecule has 0 atom stereocenters. The average Bonchev–Trinajstić information content (AvgIpc) is 2.93. The highest BCUT2D eigenvalue weighted by Gasteiger charge is 2.22. The summed E-state index contributed by atoms with van der Waals surface area (Å²) in [5.41, 5.74) is 3.93. The van der Waals surface area contributed by atoms with Gasteiger partial charge in [-0.2, -0.15) is 0 Å². The van der Waals surface area contributed by atoms with Gasteiger partial charge in [0.1, 0.15) is 5.75 Å². The van der Waals surface area contributed by atoms with E-state index in [1.165, 1.54) is 0 Å². The van der Waals surface area contributed by atoms with Gasteiger partial charge in [0, 0.05) is 26.8 Å². The van der Waals surface area contributed by atoms with Gasteiger partial charge in [-0.15, -0.1) is 0 Å². The number of phenols is 1. The summed E-state index contributed by atoms with van der Waals surface area (Å²) in [6.45, 7) is 1.94. The third-order valence-electron chi connectivity index (χ3n) is 4.52. The fourth-order valence-corrected chi connectivity index (χ4v) is 3.76. The van der Waals surface area contributed by atoms with E-state index in [-0.39, 0.29) is 11.5 Å². The van der Waals surface area contributed by atoms with Crippen molar-refractivity contribution in [2.45, 2.75) is 6.92 Å². The maximum absolute atomic E-state index is 13.2. The Morgan fingerprint density at radius 2 is 1.73 bits per heavy atom. The molecule has 0 radical (unpaired) electrons. The first-order valence-electron chi connectivity index (χ1n) is 8.26. The number of carbonyl (C=O) groups is 1. The molecule has 0 aliphatic rings. The molecule has 0 aliphatic carbocycles. The van der Waals surface area contributed by atoms with Crippen molar-refractivity contribution < 1.29 is 9.90 Å². The maximum Gasteiger partial charge on any atom is 0.195 e. The van der Waals surface area contributed by atoms with E-state index < -0.39 is 0 Å². The van der Waals surface area contributed by atoms with Crippen molar-refractivity contribution in [3.63, 3.8) is 0 Å². The first-order chi connectivity index (χ1) is 12.6. The van der Waals surface area contributed by atoms with Crippen LogP contribution in [0.2, 0.25) is 0 Å². The first-order valence-corrected chi connectivity index (χ1v) is 9.05. The van der Waals surface area contributed by atoms with Crippen LogP contribution in [-0.4, -0.2) is 15.5 Å². The summed E-state index contributed by atoms with van der Waals surface area (Å²) in [6.07, 6.45) is 0. The number of phenolic OH excluding ortho intramolecular Hbond substituents is 1. The molecule has 4 aromatic rings. The third-order valence-corrected chi connectivity index (χ3v) is 5.01. The highest BCUT2D eigenvalue weighted by Crippen LogP contribution is 2.33. The Balaban J connectivity index is 2.04. The molecule has 3 aromatic carbocycles. The number of fused-ring (bicyclic) bond motifs is 1. The molecule has 0 saturated heterocycles. The van der Waals surface area contributed by atoms with Gasteiger partial charge in [-0.3, -0.25) is 4.79 Å². The van der Waals surface area contributed by atoms with Gasteiger partial charge in [-0.25, -0.2) is 0 Å². The zero-order valence-corrected chi connectivity index (χ0v) is 15.7. The molecule has 26 heavy (non-hydrogen) atoms. The van der Waals surface area contributed by atoms with E-state index in [9.17, 15) is 9.90 Å². The van der Waals surface area contributed by atoms with Crippen molar-refractivity contribution in [1.82, 2.24) is 4.57 Å². The maximum atomic E-state index is 13.2. The van der Waals surface area contributed by atoms with E-state index in [2.05, 4.69) is 20.5 Å². The van der Waals surface area contributed by atoms with Gasteiger partial charge < -0.3 is 9.67 Å². The monoisotopic (exact) mass is 405 g/mol. The predicted molar refractivity (Wildman–Crippen MR) is 107 cm³/mol. The summed E-state index contributed by atoms with van der Waals surface area (Å²) in [7, 11) is 0. The summed E-state index contributed by atoms with van der Waals surface area (Å²) >= 11 is 3.51. The van der Waals surface area contributed by atoms with Gasteiger partial charge in [0.25, 0.3) is 0 Å². The fraction of sp³-hybridized carbons (Fsp3) is 0.0455. The molecule has 128 valence electrons. The third kappa shape index (κ3) is 2.72. The lowest BCUT2D eigenvalue weighted by Gasteiger charge is -2.09. The number of carbonyl (C=O) groups excluding carboxylic acids is 1. The summed E-state index contributed by atoms with van der Waals surface area (Å²) in [5, 5.41) is 10.7. The Hall–Kier alpha value is -2.85. The molecule has 4 rings (SSSR count). The lowest BCUT2D eigenvalue weighted by atomic mass is 10.0. The van der Waals surface area contributed by atoms with Crippen molar-refractivity contribution in [3.05, 3.63) is 94.1 Å². The van der Waals surface area contributed by atoms with E-state index in [0.717, 1.165) is 26.8 Å². The minimum atomic E-state index is -0.0487. The summed E-state index contributed by atoms with van der Waals surface area (Å²) < 4.78 is 3.02. The van der Waals surface area contributed by atoms with Crippen LogP contribution in [0, 0.1) is 6.92 Å². The molecule has 1 heterocycles. The Bertz CT molecular complexity index is 1130. The molecular weight excluding hydrogens is 390 g/mol. The summed E-state index contributed by atoms with van der Waals surface area (Å²) in [6, 6.07) is 22.3. The van der Waals surface area contributed by atoms with Crippen molar-refractivity contribution >= 4 is 32.6 Å². The fourth-order valence-electron chi connectivity index (χ4n) is 3.38. The molecule has 4 heteroatoms. The smallest absolute Gasteiger partial charge is 0.195 e. The molecule has 0 bridgehead atoms. The van der Waals surface area contributed by atoms with E-state index >= 15 is 0 Å². The molecule has 1 N–H and O–H groups in total. The lowest BCUT2D eigenvalue weighted by Crippen LogP contribution is -2.04. The van der Waals surface area contributed by atoms with Crippen LogP contribution in [0.4, 0.5) is 0 Å². The number of aromatic hydroxyl groups is 1. The highest BCUT2D eigenvalue weighted by molar-refractivity contribution is 9.10. The molecule has 0 unspecified atom stereocenters. The Labute approximate surface area is 159 Å². The number of ketones is 1. The Morgan fingerprint density at radius 3 is 2.46 bits per heavy atom. The van der Waals surface area contributed by atoms with Crippen LogP contribution < -0.4 is 0 Å². The van der Waals surface area contributed by atoms with E-state index in [4.69, 9.17) is 0 Å². The average molecular weight is 406 g/mol. The predicted octanol–water partition coefficient (Wildman–Crippen LogP) is 5.64. The Morgan fingerprint density at radius 1 is 0.962 bits per heavy atom. The number of halogens is 1. The lowest BCUT2D eigenvalue weighted by molar-refractivity contribution is 0.103. The molecule has 3 nitrogen and oxygen atoms in total. The number of nitrogens with zero attached hydrogens (tertiary/aromatic N) is 1. The van der Waals surface area contributed by atoms with Crippen LogP contribution in [0.15, 0.2) is 77.3 Å². The standard InChI is InChI=1S/C22H16BrNO2/c1-14-21(22(26)15-6-3-2-4-7-15)19-13-18(25)10-11-20(19)24(14)17-9-5-8-16(23)12-17/h2-13,25H,1H3. The SMILES string of the molecule is Cc1c(C(=O)c2ccccc2)c2cc(O)ccc2n1-c1cccc(Br)c1. The molecule has 0 spiro atoms. The number of hydrogen-bond donors (Lipinski definition) is 1. The van der Waals surface area contributed by atoms with E-state index in [0.29, 0.717) is 11.1 Å². The molecule has 0 amide bonds. The molecular formula is C22H16BrNO2. The molecule has 0 fully saturated rings. The minimum Gasteiger partial charge on any atom is -0.508 e. The number of benzene rings is 3. The van der Waals surface area contributed by atoms with Crippen molar-refractivity contribution in [3.8, 4) is 11.4 Å². The molecule has 0 aliphatic heterocycles. The van der Waals surface area contributed by atoms with Crippen molar-refractivity contribution in [1.29, 1.82) is 0 Å². The quantitative estimate of drug-likeness (QED) is 0.448. The van der Waals surface area contributed by atoms with Crippen molar-refractivity contribution in [2.24, 2.45) is 0 Å². The summed E-state index contributed by atoms with van der Waals surface area (Å²) in [5.74, 6) is 0.0958. The summed E-state index contributed by atoms with van der Waals surface area (Å²) in [4.78, 5) is 13.2. The number of rotatable bonds is 3. The van der Waals surface area contributed by atoms with Gasteiger partial charge in [0.2, 0.25) is 0 Å². The molecule has 0 saturated carbocycles. The van der Waals surface area contributed by atoms with Crippen LogP contribution in [-0.2, 0) is 0 Å². The van der Waals surface area contributed by atoms with Crippen molar-refractivity contribution in [2.75, 3.05) is 0 Å². The van der Waals surface area contributed by atoms with E-state index in [1.807, 2.05) is 67.6 Å². The largest absolute Gasteiger partial charge is 0.508 e. The second kappa shape index (κ2) is 6.46. The Kier molecular flexibility index (Phi) is 4.13. The second-order valence-electron chi connectivity index (χ2n) is 6.17. The first kappa shape index (κ1) is 16.6. The molecule has 1 aromatic heterocycles. The van der Waals surface area contributed by atoms with Gasteiger partial charge in [0.05, 0.1) is 11.1 Å². The zero-order chi connectivity index (χ0) is 18.3. The minimum absolute atomic E-state index is 0.0487. The highest BCUT2D eigenvalue weighted by atomic mass is 79.9.